The summed E-state index contributed by atoms with van der Waals surface area (Å²) in [6.07, 6.45) is 3.95. The minimum Gasteiger partial charge on any atom is -0.478 e. The van der Waals surface area contributed by atoms with E-state index in [2.05, 4.69) is 38.3 Å². The number of hydrogen-bond acceptors (Lipinski definition) is 1. The van der Waals surface area contributed by atoms with Gasteiger partial charge in [-0.2, -0.15) is 0 Å². The number of carboxylic acid groups (broad SMARTS) is 1. The number of fused-ring (bicyclic) bond motifs is 1. The van der Waals surface area contributed by atoms with Crippen LogP contribution in [0.25, 0.3) is 10.9 Å². The fourth-order valence-electron chi connectivity index (χ4n) is 3.18. The van der Waals surface area contributed by atoms with Crippen LogP contribution in [0.3, 0.4) is 0 Å². The van der Waals surface area contributed by atoms with Crippen LogP contribution in [0.4, 0.5) is 0 Å². The molecule has 1 aromatic heterocycles. The topological polar surface area (TPSA) is 42.2 Å². The summed E-state index contributed by atoms with van der Waals surface area (Å²) in [5.41, 5.74) is 5.00. The zero-order valence-electron chi connectivity index (χ0n) is 13.5. The second-order valence-corrected chi connectivity index (χ2v) is 5.66. The molecule has 0 radical (unpaired) electrons. The second kappa shape index (κ2) is 6.33. The van der Waals surface area contributed by atoms with E-state index < -0.39 is 5.97 Å². The molecule has 0 fully saturated rings. The van der Waals surface area contributed by atoms with Crippen LogP contribution in [-0.4, -0.2) is 15.6 Å². The Kier molecular flexibility index (Phi) is 4.71. The SMILES string of the molecule is CCCc1c(C)n(CCC)c2c(C(=O)O)cc(CC)cc12. The molecule has 0 unspecified atom stereocenters. The van der Waals surface area contributed by atoms with Gasteiger partial charge in [0.1, 0.15) is 0 Å². The summed E-state index contributed by atoms with van der Waals surface area (Å²) in [5, 5.41) is 10.8. The minimum atomic E-state index is -0.826. The lowest BCUT2D eigenvalue weighted by Gasteiger charge is -2.09. The van der Waals surface area contributed by atoms with Crippen molar-refractivity contribution in [1.29, 1.82) is 0 Å². The molecule has 0 amide bonds. The Hall–Kier alpha value is -1.77. The van der Waals surface area contributed by atoms with Gasteiger partial charge < -0.3 is 9.67 Å². The van der Waals surface area contributed by atoms with Crippen LogP contribution < -0.4 is 0 Å². The molecule has 3 heteroatoms. The van der Waals surface area contributed by atoms with E-state index in [1.165, 1.54) is 11.3 Å². The van der Waals surface area contributed by atoms with Crippen LogP contribution in [0.15, 0.2) is 12.1 Å². The van der Waals surface area contributed by atoms with Gasteiger partial charge >= 0.3 is 5.97 Å². The average Bonchev–Trinajstić information content (AvgIpc) is 2.72. The van der Waals surface area contributed by atoms with Crippen LogP contribution in [0.2, 0.25) is 0 Å². The van der Waals surface area contributed by atoms with Crippen molar-refractivity contribution in [2.75, 3.05) is 0 Å². The fraction of sp³-hybridized carbons (Fsp3) is 0.500. The van der Waals surface area contributed by atoms with E-state index in [1.54, 1.807) is 0 Å². The van der Waals surface area contributed by atoms with Crippen molar-refractivity contribution in [2.24, 2.45) is 0 Å². The van der Waals surface area contributed by atoms with Crippen LogP contribution >= 0.6 is 0 Å². The zero-order valence-corrected chi connectivity index (χ0v) is 13.5. The van der Waals surface area contributed by atoms with Gasteiger partial charge in [0.05, 0.1) is 11.1 Å². The van der Waals surface area contributed by atoms with Crippen molar-refractivity contribution < 1.29 is 9.90 Å². The molecule has 0 atom stereocenters. The van der Waals surface area contributed by atoms with Gasteiger partial charge in [-0.3, -0.25) is 0 Å². The minimum absolute atomic E-state index is 0.447. The number of carbonyl (C=O) groups is 1. The first kappa shape index (κ1) is 15.6. The summed E-state index contributed by atoms with van der Waals surface area (Å²) < 4.78 is 2.20. The highest BCUT2D eigenvalue weighted by molar-refractivity contribution is 6.04. The molecule has 1 aromatic carbocycles. The van der Waals surface area contributed by atoms with Gasteiger partial charge in [-0.1, -0.05) is 27.2 Å². The van der Waals surface area contributed by atoms with Gasteiger partial charge in [-0.25, -0.2) is 4.79 Å². The van der Waals surface area contributed by atoms with Crippen molar-refractivity contribution in [3.05, 3.63) is 34.5 Å². The summed E-state index contributed by atoms with van der Waals surface area (Å²) in [4.78, 5) is 11.7. The quantitative estimate of drug-likeness (QED) is 0.845. The molecule has 2 aromatic rings. The standard InChI is InChI=1S/C18H25NO2/c1-5-8-14-12(4)19(9-6-2)17-15(14)10-13(7-3)11-16(17)18(20)21/h10-11H,5-9H2,1-4H3,(H,20,21). The molecule has 0 bridgehead atoms. The van der Waals surface area contributed by atoms with Crippen molar-refractivity contribution >= 4 is 16.9 Å². The Morgan fingerprint density at radius 1 is 1.19 bits per heavy atom. The number of aryl methyl sites for hydroxylation is 3. The van der Waals surface area contributed by atoms with Crippen molar-refractivity contribution in [3.63, 3.8) is 0 Å². The maximum Gasteiger partial charge on any atom is 0.337 e. The van der Waals surface area contributed by atoms with Gasteiger partial charge in [0, 0.05) is 17.6 Å². The van der Waals surface area contributed by atoms with E-state index in [0.29, 0.717) is 5.56 Å². The highest BCUT2D eigenvalue weighted by Crippen LogP contribution is 2.31. The molecule has 21 heavy (non-hydrogen) atoms. The Bertz CT molecular complexity index is 668. The van der Waals surface area contributed by atoms with Gasteiger partial charge in [-0.15, -0.1) is 0 Å². The molecule has 0 aliphatic heterocycles. The van der Waals surface area contributed by atoms with E-state index >= 15 is 0 Å². The number of rotatable bonds is 6. The molecule has 0 aliphatic carbocycles. The van der Waals surface area contributed by atoms with E-state index in [9.17, 15) is 9.90 Å². The number of hydrogen-bond donors (Lipinski definition) is 1. The Labute approximate surface area is 126 Å². The summed E-state index contributed by atoms with van der Waals surface area (Å²) in [6, 6.07) is 4.03. The van der Waals surface area contributed by atoms with Gasteiger partial charge in [0.25, 0.3) is 0 Å². The number of aromatic carboxylic acids is 1. The molecule has 2 rings (SSSR count). The Morgan fingerprint density at radius 2 is 1.90 bits per heavy atom. The predicted octanol–water partition coefficient (Wildman–Crippen LogP) is 4.57. The predicted molar refractivity (Wildman–Crippen MR) is 87.3 cm³/mol. The summed E-state index contributed by atoms with van der Waals surface area (Å²) in [7, 11) is 0. The molecule has 0 saturated heterocycles. The van der Waals surface area contributed by atoms with E-state index in [1.807, 2.05) is 6.07 Å². The van der Waals surface area contributed by atoms with Crippen molar-refractivity contribution in [2.45, 2.75) is 59.9 Å². The number of carboxylic acids is 1. The van der Waals surface area contributed by atoms with Crippen LogP contribution in [0, 0.1) is 6.92 Å². The normalized spacial score (nSPS) is 11.2. The largest absolute Gasteiger partial charge is 0.478 e. The monoisotopic (exact) mass is 287 g/mol. The van der Waals surface area contributed by atoms with E-state index in [4.69, 9.17) is 0 Å². The summed E-state index contributed by atoms with van der Waals surface area (Å²) >= 11 is 0. The second-order valence-electron chi connectivity index (χ2n) is 5.66. The fourth-order valence-corrected chi connectivity index (χ4v) is 3.18. The van der Waals surface area contributed by atoms with Crippen LogP contribution in [-0.2, 0) is 19.4 Å². The van der Waals surface area contributed by atoms with Crippen LogP contribution in [0.5, 0.6) is 0 Å². The molecule has 0 spiro atoms. The zero-order chi connectivity index (χ0) is 15.6. The summed E-state index contributed by atoms with van der Waals surface area (Å²) in [6.45, 7) is 9.37. The molecule has 0 aliphatic rings. The van der Waals surface area contributed by atoms with Crippen molar-refractivity contribution in [3.8, 4) is 0 Å². The lowest BCUT2D eigenvalue weighted by molar-refractivity contribution is 0.0698. The molecule has 3 nitrogen and oxygen atoms in total. The van der Waals surface area contributed by atoms with Crippen molar-refractivity contribution in [1.82, 2.24) is 4.57 Å². The highest BCUT2D eigenvalue weighted by Gasteiger charge is 2.20. The average molecular weight is 287 g/mol. The third-order valence-corrected chi connectivity index (χ3v) is 4.19. The van der Waals surface area contributed by atoms with Crippen LogP contribution in [0.1, 0.15) is 60.8 Å². The van der Waals surface area contributed by atoms with E-state index in [-0.39, 0.29) is 0 Å². The first-order chi connectivity index (χ1) is 10.0. The van der Waals surface area contributed by atoms with Gasteiger partial charge in [0.15, 0.2) is 0 Å². The van der Waals surface area contributed by atoms with Gasteiger partial charge in [0.2, 0.25) is 0 Å². The lowest BCUT2D eigenvalue weighted by atomic mass is 10.00. The maximum absolute atomic E-state index is 11.7. The highest BCUT2D eigenvalue weighted by atomic mass is 16.4. The van der Waals surface area contributed by atoms with Gasteiger partial charge in [-0.05, 0) is 49.4 Å². The smallest absolute Gasteiger partial charge is 0.337 e. The molecular weight excluding hydrogens is 262 g/mol. The summed E-state index contributed by atoms with van der Waals surface area (Å²) in [5.74, 6) is -0.826. The molecular formula is C18H25NO2. The Balaban J connectivity index is 2.88. The number of nitrogens with zero attached hydrogens (tertiary/aromatic N) is 1. The molecule has 1 N–H and O–H groups in total. The molecule has 1 heterocycles. The first-order valence-electron chi connectivity index (χ1n) is 7.92. The number of benzene rings is 1. The number of aromatic nitrogens is 1. The van der Waals surface area contributed by atoms with E-state index in [0.717, 1.165) is 48.7 Å². The Morgan fingerprint density at radius 3 is 2.43 bits per heavy atom. The molecule has 114 valence electrons. The first-order valence-corrected chi connectivity index (χ1v) is 7.92. The lowest BCUT2D eigenvalue weighted by Crippen LogP contribution is -2.05. The third kappa shape index (κ3) is 2.69. The third-order valence-electron chi connectivity index (χ3n) is 4.19. The maximum atomic E-state index is 11.7. The molecule has 0 saturated carbocycles.